The molecule has 1 aromatic carbocycles. The van der Waals surface area contributed by atoms with E-state index < -0.39 is 0 Å². The molecule has 0 bridgehead atoms. The van der Waals surface area contributed by atoms with Gasteiger partial charge in [-0.2, -0.15) is 0 Å². The number of anilines is 2. The molecular formula is C14H16N6. The summed E-state index contributed by atoms with van der Waals surface area (Å²) in [6.45, 7) is 2.87. The van der Waals surface area contributed by atoms with Crippen molar-refractivity contribution in [3.05, 3.63) is 43.0 Å². The molecule has 0 amide bonds. The van der Waals surface area contributed by atoms with Gasteiger partial charge < -0.3 is 15.6 Å². The summed E-state index contributed by atoms with van der Waals surface area (Å²) in [5.74, 6) is 0.414. The Kier molecular flexibility index (Phi) is 3.20. The van der Waals surface area contributed by atoms with Gasteiger partial charge in [0.2, 0.25) is 0 Å². The monoisotopic (exact) mass is 268 g/mol. The lowest BCUT2D eigenvalue weighted by molar-refractivity contribution is 0.629. The summed E-state index contributed by atoms with van der Waals surface area (Å²) >= 11 is 0. The number of nitrogens with one attached hydrogen (secondary N) is 1. The van der Waals surface area contributed by atoms with Gasteiger partial charge in [0.05, 0.1) is 6.33 Å². The molecule has 3 rings (SSSR count). The molecule has 0 saturated heterocycles. The molecule has 0 aliphatic heterocycles. The van der Waals surface area contributed by atoms with Gasteiger partial charge in [-0.15, -0.1) is 0 Å². The summed E-state index contributed by atoms with van der Waals surface area (Å²) in [6.07, 6.45) is 3.21. The van der Waals surface area contributed by atoms with Crippen LogP contribution in [0, 0.1) is 0 Å². The topological polar surface area (TPSA) is 81.7 Å². The fraction of sp³-hybridized carbons (Fsp3) is 0.214. The van der Waals surface area contributed by atoms with Crippen molar-refractivity contribution >= 4 is 22.7 Å². The van der Waals surface area contributed by atoms with Crippen molar-refractivity contribution in [2.24, 2.45) is 0 Å². The number of nitrogen functional groups attached to an aromatic ring is 1. The Bertz CT molecular complexity index is 706. The number of nitrogens with zero attached hydrogens (tertiary/aromatic N) is 4. The van der Waals surface area contributed by atoms with Crippen LogP contribution >= 0.6 is 0 Å². The van der Waals surface area contributed by atoms with E-state index in [1.807, 2.05) is 34.9 Å². The number of aromatic nitrogens is 4. The van der Waals surface area contributed by atoms with Crippen molar-refractivity contribution in [3.63, 3.8) is 0 Å². The zero-order valence-corrected chi connectivity index (χ0v) is 11.2. The zero-order chi connectivity index (χ0) is 13.9. The van der Waals surface area contributed by atoms with Crippen molar-refractivity contribution in [2.45, 2.75) is 19.5 Å². The fourth-order valence-electron chi connectivity index (χ4n) is 2.19. The average molecular weight is 268 g/mol. The third kappa shape index (κ3) is 2.40. The molecule has 6 nitrogen and oxygen atoms in total. The van der Waals surface area contributed by atoms with Gasteiger partial charge in [0.15, 0.2) is 11.5 Å². The number of hydrogen-bond donors (Lipinski definition) is 2. The number of fused-ring (bicyclic) bond motifs is 1. The summed E-state index contributed by atoms with van der Waals surface area (Å²) in [4.78, 5) is 12.4. The average Bonchev–Trinajstić information content (AvgIpc) is 2.84. The second kappa shape index (κ2) is 5.16. The molecule has 0 saturated carbocycles. The highest BCUT2D eigenvalue weighted by molar-refractivity contribution is 5.81. The van der Waals surface area contributed by atoms with Gasteiger partial charge in [0.25, 0.3) is 0 Å². The van der Waals surface area contributed by atoms with Crippen molar-refractivity contribution in [3.8, 4) is 0 Å². The molecule has 20 heavy (non-hydrogen) atoms. The predicted octanol–water partition coefficient (Wildman–Crippen LogP) is 1.91. The number of para-hydroxylation sites is 1. The fourth-order valence-corrected chi connectivity index (χ4v) is 2.19. The van der Waals surface area contributed by atoms with Gasteiger partial charge in [-0.3, -0.25) is 0 Å². The van der Waals surface area contributed by atoms with E-state index in [0.29, 0.717) is 11.3 Å². The summed E-state index contributed by atoms with van der Waals surface area (Å²) < 4.78 is 1.98. The predicted molar refractivity (Wildman–Crippen MR) is 79.3 cm³/mol. The Morgan fingerprint density at radius 2 is 2.00 bits per heavy atom. The van der Waals surface area contributed by atoms with E-state index in [4.69, 9.17) is 5.73 Å². The number of benzene rings is 1. The number of rotatable bonds is 4. The Balaban J connectivity index is 1.78. The van der Waals surface area contributed by atoms with E-state index in [1.165, 1.54) is 6.33 Å². The molecule has 6 heteroatoms. The first-order valence-electron chi connectivity index (χ1n) is 6.47. The number of imidazole rings is 1. The van der Waals surface area contributed by atoms with Crippen LogP contribution in [0.3, 0.4) is 0 Å². The van der Waals surface area contributed by atoms with Crippen LogP contribution in [0.5, 0.6) is 0 Å². The van der Waals surface area contributed by atoms with Crippen LogP contribution in [0.4, 0.5) is 11.5 Å². The minimum Gasteiger partial charge on any atom is -0.382 e. The quantitative estimate of drug-likeness (QED) is 0.755. The molecule has 0 aliphatic carbocycles. The van der Waals surface area contributed by atoms with Gasteiger partial charge in [-0.05, 0) is 19.1 Å². The molecule has 0 fully saturated rings. The lowest BCUT2D eigenvalue weighted by Gasteiger charge is -2.16. The number of hydrogen-bond acceptors (Lipinski definition) is 5. The summed E-state index contributed by atoms with van der Waals surface area (Å²) in [6, 6.07) is 10.3. The van der Waals surface area contributed by atoms with E-state index in [-0.39, 0.29) is 6.04 Å². The second-order valence-corrected chi connectivity index (χ2v) is 4.74. The highest BCUT2D eigenvalue weighted by atomic mass is 15.1. The zero-order valence-electron chi connectivity index (χ0n) is 11.2. The lowest BCUT2D eigenvalue weighted by Crippen LogP contribution is -2.21. The number of nitrogens with two attached hydrogens (primary N) is 1. The SMILES string of the molecule is CC(Cn1cnc2c(N)ncnc21)Nc1ccccc1. The minimum atomic E-state index is 0.242. The minimum absolute atomic E-state index is 0.242. The van der Waals surface area contributed by atoms with Crippen LogP contribution in [-0.2, 0) is 6.54 Å². The Hall–Kier alpha value is -2.63. The highest BCUT2D eigenvalue weighted by Gasteiger charge is 2.10. The molecule has 0 spiro atoms. The van der Waals surface area contributed by atoms with Gasteiger partial charge in [0.1, 0.15) is 11.8 Å². The highest BCUT2D eigenvalue weighted by Crippen LogP contribution is 2.15. The molecule has 1 unspecified atom stereocenters. The van der Waals surface area contributed by atoms with Crippen LogP contribution in [-0.4, -0.2) is 25.6 Å². The molecule has 0 radical (unpaired) electrons. The van der Waals surface area contributed by atoms with E-state index in [1.54, 1.807) is 6.33 Å². The molecule has 3 aromatic rings. The van der Waals surface area contributed by atoms with Gasteiger partial charge >= 0.3 is 0 Å². The van der Waals surface area contributed by atoms with E-state index in [2.05, 4.69) is 27.2 Å². The van der Waals surface area contributed by atoms with Crippen molar-refractivity contribution in [1.82, 2.24) is 19.5 Å². The van der Waals surface area contributed by atoms with Gasteiger partial charge in [0, 0.05) is 18.3 Å². The molecule has 1 atom stereocenters. The standard InChI is InChI=1S/C14H16N6/c1-10(19-11-5-3-2-4-6-11)7-20-9-18-12-13(15)16-8-17-14(12)20/h2-6,8-10,19H,7H2,1H3,(H2,15,16,17). The summed E-state index contributed by atoms with van der Waals surface area (Å²) in [7, 11) is 0. The van der Waals surface area contributed by atoms with E-state index in [0.717, 1.165) is 17.9 Å². The maximum Gasteiger partial charge on any atom is 0.165 e. The molecular weight excluding hydrogens is 252 g/mol. The van der Waals surface area contributed by atoms with Gasteiger partial charge in [-0.1, -0.05) is 18.2 Å². The summed E-state index contributed by atoms with van der Waals surface area (Å²) in [5.41, 5.74) is 8.29. The van der Waals surface area contributed by atoms with Crippen molar-refractivity contribution < 1.29 is 0 Å². The van der Waals surface area contributed by atoms with Crippen LogP contribution in [0.2, 0.25) is 0 Å². The van der Waals surface area contributed by atoms with Crippen molar-refractivity contribution in [1.29, 1.82) is 0 Å². The maximum absolute atomic E-state index is 5.78. The lowest BCUT2D eigenvalue weighted by atomic mass is 10.2. The molecule has 102 valence electrons. The largest absolute Gasteiger partial charge is 0.382 e. The molecule has 2 aromatic heterocycles. The first-order valence-corrected chi connectivity index (χ1v) is 6.47. The van der Waals surface area contributed by atoms with Crippen LogP contribution in [0.1, 0.15) is 6.92 Å². The van der Waals surface area contributed by atoms with E-state index >= 15 is 0 Å². The smallest absolute Gasteiger partial charge is 0.165 e. The Morgan fingerprint density at radius 3 is 2.80 bits per heavy atom. The summed E-state index contributed by atoms with van der Waals surface area (Å²) in [5, 5.41) is 3.44. The first-order chi connectivity index (χ1) is 9.74. The van der Waals surface area contributed by atoms with Crippen LogP contribution < -0.4 is 11.1 Å². The molecule has 0 aliphatic rings. The Labute approximate surface area is 116 Å². The van der Waals surface area contributed by atoms with Gasteiger partial charge in [-0.25, -0.2) is 15.0 Å². The van der Waals surface area contributed by atoms with Crippen LogP contribution in [0.15, 0.2) is 43.0 Å². The molecule has 3 N–H and O–H groups in total. The van der Waals surface area contributed by atoms with Crippen LogP contribution in [0.25, 0.3) is 11.2 Å². The molecule has 2 heterocycles. The van der Waals surface area contributed by atoms with Crippen molar-refractivity contribution in [2.75, 3.05) is 11.1 Å². The Morgan fingerprint density at radius 1 is 1.20 bits per heavy atom. The normalized spacial score (nSPS) is 12.4. The third-order valence-corrected chi connectivity index (χ3v) is 3.09. The third-order valence-electron chi connectivity index (χ3n) is 3.09. The maximum atomic E-state index is 5.78. The van der Waals surface area contributed by atoms with E-state index in [9.17, 15) is 0 Å². The second-order valence-electron chi connectivity index (χ2n) is 4.74. The first kappa shape index (κ1) is 12.4.